The van der Waals surface area contributed by atoms with Crippen molar-refractivity contribution in [1.82, 2.24) is 5.32 Å². The van der Waals surface area contributed by atoms with E-state index in [0.29, 0.717) is 16.3 Å². The highest BCUT2D eigenvalue weighted by Gasteiger charge is 2.29. The van der Waals surface area contributed by atoms with Crippen LogP contribution in [0.15, 0.2) is 66.7 Å². The van der Waals surface area contributed by atoms with Gasteiger partial charge < -0.3 is 26.0 Å². The highest BCUT2D eigenvalue weighted by Crippen LogP contribution is 2.44. The fraction of sp³-hybridized carbons (Fsp3) is 0.208. The number of rotatable bonds is 6. The Kier molecular flexibility index (Phi) is 6.13. The summed E-state index contributed by atoms with van der Waals surface area (Å²) in [5.41, 5.74) is 11.0. The first-order chi connectivity index (χ1) is 15.0. The van der Waals surface area contributed by atoms with Crippen LogP contribution in [0.4, 0.5) is 10.5 Å². The van der Waals surface area contributed by atoms with Gasteiger partial charge in [0.15, 0.2) is 0 Å². The second-order valence-corrected chi connectivity index (χ2v) is 7.91. The van der Waals surface area contributed by atoms with Crippen LogP contribution in [-0.4, -0.2) is 35.6 Å². The first-order valence-corrected chi connectivity index (χ1v) is 10.3. The summed E-state index contributed by atoms with van der Waals surface area (Å²) >= 11 is 5.88. The number of amides is 1. The van der Waals surface area contributed by atoms with Crippen LogP contribution in [-0.2, 0) is 4.74 Å². The molecule has 1 aliphatic carbocycles. The zero-order valence-electron chi connectivity index (χ0n) is 16.7. The van der Waals surface area contributed by atoms with Crippen LogP contribution in [0, 0.1) is 0 Å². The monoisotopic (exact) mass is 438 g/mol. The summed E-state index contributed by atoms with van der Waals surface area (Å²) in [7, 11) is 0. The van der Waals surface area contributed by atoms with E-state index in [9.17, 15) is 15.0 Å². The second-order valence-electron chi connectivity index (χ2n) is 7.50. The maximum absolute atomic E-state index is 12.2. The van der Waals surface area contributed by atoms with Crippen molar-refractivity contribution in [3.63, 3.8) is 0 Å². The van der Waals surface area contributed by atoms with Crippen molar-refractivity contribution in [2.45, 2.75) is 18.1 Å². The van der Waals surface area contributed by atoms with Crippen molar-refractivity contribution >= 4 is 23.4 Å². The molecule has 0 radical (unpaired) electrons. The van der Waals surface area contributed by atoms with Crippen LogP contribution >= 0.6 is 11.6 Å². The molecule has 0 spiro atoms. The summed E-state index contributed by atoms with van der Waals surface area (Å²) in [4.78, 5) is 12.2. The van der Waals surface area contributed by atoms with Crippen LogP contribution in [0.3, 0.4) is 0 Å². The summed E-state index contributed by atoms with van der Waals surface area (Å²) in [5, 5.41) is 23.4. The molecule has 5 N–H and O–H groups in total. The third kappa shape index (κ3) is 4.37. The molecule has 2 atom stereocenters. The molecule has 1 amide bonds. The maximum atomic E-state index is 12.2. The zero-order valence-corrected chi connectivity index (χ0v) is 17.4. The van der Waals surface area contributed by atoms with Gasteiger partial charge in [0.1, 0.15) is 18.8 Å². The number of carbonyl (C=O) groups is 1. The number of fused-ring (bicyclic) bond motifs is 3. The molecule has 1 aliphatic rings. The smallest absolute Gasteiger partial charge is 0.407 e. The number of nitrogen functional groups attached to an aromatic ring is 1. The predicted octanol–water partition coefficient (Wildman–Crippen LogP) is 3.86. The number of carbonyl (C=O) groups excluding carboxylic acids is 1. The largest absolute Gasteiger partial charge is 0.449 e. The summed E-state index contributed by atoms with van der Waals surface area (Å²) < 4.78 is 5.43. The lowest BCUT2D eigenvalue weighted by Gasteiger charge is -2.20. The Bertz CT molecular complexity index is 1060. The van der Waals surface area contributed by atoms with Gasteiger partial charge in [-0.15, -0.1) is 0 Å². The normalized spacial score (nSPS) is 14.4. The number of anilines is 1. The van der Waals surface area contributed by atoms with Crippen molar-refractivity contribution in [1.29, 1.82) is 0 Å². The average molecular weight is 439 g/mol. The fourth-order valence-electron chi connectivity index (χ4n) is 3.92. The van der Waals surface area contributed by atoms with Crippen molar-refractivity contribution in [2.24, 2.45) is 0 Å². The van der Waals surface area contributed by atoms with E-state index in [1.165, 1.54) is 6.07 Å². The van der Waals surface area contributed by atoms with Gasteiger partial charge in [0.2, 0.25) is 0 Å². The Balaban J connectivity index is 1.34. The Morgan fingerprint density at radius 2 is 1.65 bits per heavy atom. The van der Waals surface area contributed by atoms with Crippen LogP contribution in [0.5, 0.6) is 0 Å². The molecule has 0 bridgehead atoms. The summed E-state index contributed by atoms with van der Waals surface area (Å²) in [6, 6.07) is 20.7. The number of halogens is 1. The lowest BCUT2D eigenvalue weighted by molar-refractivity contribution is 0.0186. The molecule has 7 heteroatoms. The van der Waals surface area contributed by atoms with E-state index in [2.05, 4.69) is 17.4 Å². The molecule has 0 aromatic heterocycles. The number of ether oxygens (including phenoxy) is 1. The van der Waals surface area contributed by atoms with Crippen LogP contribution in [0.25, 0.3) is 11.1 Å². The van der Waals surface area contributed by atoms with E-state index < -0.39 is 18.3 Å². The molecule has 3 aromatic carbocycles. The van der Waals surface area contributed by atoms with Gasteiger partial charge in [-0.1, -0.05) is 66.2 Å². The van der Waals surface area contributed by atoms with E-state index >= 15 is 0 Å². The predicted molar refractivity (Wildman–Crippen MR) is 120 cm³/mol. The van der Waals surface area contributed by atoms with E-state index in [1.54, 1.807) is 12.1 Å². The number of nitrogens with two attached hydrogens (primary N) is 1. The number of hydrogen-bond donors (Lipinski definition) is 4. The molecular weight excluding hydrogens is 416 g/mol. The number of nitrogens with one attached hydrogen (secondary N) is 1. The molecule has 6 nitrogen and oxygen atoms in total. The molecule has 4 rings (SSSR count). The maximum Gasteiger partial charge on any atom is 0.407 e. The first-order valence-electron chi connectivity index (χ1n) is 9.95. The SMILES string of the molecule is Nc1cc(C(O)C(O)CNC(=O)OCC2c3ccccc3-c3ccccc32)ccc1Cl. The number of hydrogen-bond acceptors (Lipinski definition) is 5. The van der Waals surface area contributed by atoms with Crippen molar-refractivity contribution in [3.8, 4) is 11.1 Å². The van der Waals surface area contributed by atoms with Crippen LogP contribution in [0.1, 0.15) is 28.7 Å². The third-order valence-corrected chi connectivity index (χ3v) is 5.87. The Morgan fingerprint density at radius 1 is 1.03 bits per heavy atom. The van der Waals surface area contributed by atoms with Gasteiger partial charge in [0, 0.05) is 12.5 Å². The van der Waals surface area contributed by atoms with Gasteiger partial charge in [0.25, 0.3) is 0 Å². The van der Waals surface area contributed by atoms with Crippen molar-refractivity contribution < 1.29 is 19.7 Å². The molecule has 0 aliphatic heterocycles. The quantitative estimate of drug-likeness (QED) is 0.437. The third-order valence-electron chi connectivity index (χ3n) is 5.53. The minimum Gasteiger partial charge on any atom is -0.449 e. The van der Waals surface area contributed by atoms with Gasteiger partial charge in [-0.05, 0) is 39.9 Å². The van der Waals surface area contributed by atoms with Gasteiger partial charge in [0.05, 0.1) is 10.7 Å². The van der Waals surface area contributed by atoms with Crippen molar-refractivity contribution in [2.75, 3.05) is 18.9 Å². The van der Waals surface area contributed by atoms with Gasteiger partial charge in [-0.25, -0.2) is 4.79 Å². The molecule has 31 heavy (non-hydrogen) atoms. The number of aliphatic hydroxyl groups is 2. The van der Waals surface area contributed by atoms with E-state index in [0.717, 1.165) is 22.3 Å². The van der Waals surface area contributed by atoms with Crippen LogP contribution in [0.2, 0.25) is 5.02 Å². The Morgan fingerprint density at radius 3 is 2.26 bits per heavy atom. The van der Waals surface area contributed by atoms with Gasteiger partial charge in [-0.2, -0.15) is 0 Å². The average Bonchev–Trinajstić information content (AvgIpc) is 3.11. The molecule has 0 heterocycles. The van der Waals surface area contributed by atoms with E-state index in [-0.39, 0.29) is 19.1 Å². The lowest BCUT2D eigenvalue weighted by atomic mass is 9.98. The molecular formula is C24H23ClN2O4. The Hall–Kier alpha value is -3.06. The molecule has 2 unspecified atom stereocenters. The molecule has 0 saturated carbocycles. The highest BCUT2D eigenvalue weighted by molar-refractivity contribution is 6.33. The minimum absolute atomic E-state index is 0.0503. The van der Waals surface area contributed by atoms with Gasteiger partial charge in [-0.3, -0.25) is 0 Å². The summed E-state index contributed by atoms with van der Waals surface area (Å²) in [5.74, 6) is -0.0503. The molecule has 0 fully saturated rings. The second kappa shape index (κ2) is 8.98. The van der Waals surface area contributed by atoms with Gasteiger partial charge >= 0.3 is 6.09 Å². The highest BCUT2D eigenvalue weighted by atomic mass is 35.5. The molecule has 0 saturated heterocycles. The number of alkyl carbamates (subject to hydrolysis) is 1. The van der Waals surface area contributed by atoms with Crippen molar-refractivity contribution in [3.05, 3.63) is 88.4 Å². The standard InChI is InChI=1S/C24H23ClN2O4/c25-20-10-9-14(11-21(20)26)23(29)22(28)12-27-24(30)31-13-19-17-7-3-1-5-15(17)16-6-2-4-8-18(16)19/h1-11,19,22-23,28-29H,12-13,26H2,(H,27,30). The zero-order chi connectivity index (χ0) is 22.0. The lowest BCUT2D eigenvalue weighted by Crippen LogP contribution is -2.36. The number of aliphatic hydroxyl groups excluding tert-OH is 2. The fourth-order valence-corrected chi connectivity index (χ4v) is 4.03. The molecule has 3 aromatic rings. The first kappa shape index (κ1) is 21.2. The number of benzene rings is 3. The Labute approximate surface area is 185 Å². The topological polar surface area (TPSA) is 105 Å². The van der Waals surface area contributed by atoms with E-state index in [1.807, 2.05) is 36.4 Å². The summed E-state index contributed by atoms with van der Waals surface area (Å²) in [6.07, 6.45) is -3.13. The minimum atomic E-state index is -1.24. The molecule has 160 valence electrons. The summed E-state index contributed by atoms with van der Waals surface area (Å²) in [6.45, 7) is -0.00734. The van der Waals surface area contributed by atoms with Crippen LogP contribution < -0.4 is 11.1 Å². The van der Waals surface area contributed by atoms with E-state index in [4.69, 9.17) is 22.1 Å².